The van der Waals surface area contributed by atoms with Crippen LogP contribution in [0.3, 0.4) is 0 Å². The van der Waals surface area contributed by atoms with E-state index in [4.69, 9.17) is 14.8 Å². The van der Waals surface area contributed by atoms with E-state index in [2.05, 4.69) is 31.3 Å². The van der Waals surface area contributed by atoms with Crippen LogP contribution >= 0.6 is 7.82 Å². The third-order valence-corrected chi connectivity index (χ3v) is 8.81. The molecule has 4 unspecified atom stereocenters. The Hall–Kier alpha value is -1.06. The average molecular weight is 661 g/mol. The molecule has 0 aliphatic heterocycles. The summed E-state index contributed by atoms with van der Waals surface area (Å²) in [5.74, 6) is -0.456. The molecule has 0 rings (SSSR count). The Kier molecular flexibility index (Phi) is 30.8. The van der Waals surface area contributed by atoms with E-state index >= 15 is 0 Å². The van der Waals surface area contributed by atoms with Gasteiger partial charge < -0.3 is 26.2 Å². The summed E-state index contributed by atoms with van der Waals surface area (Å²) < 4.78 is 21.9. The van der Waals surface area contributed by atoms with Crippen molar-refractivity contribution in [2.45, 2.75) is 173 Å². The van der Waals surface area contributed by atoms with Crippen molar-refractivity contribution in [1.29, 1.82) is 0 Å². The molecule has 10 heteroatoms. The fourth-order valence-electron chi connectivity index (χ4n) is 5.05. The van der Waals surface area contributed by atoms with Crippen molar-refractivity contribution in [2.24, 2.45) is 5.73 Å². The monoisotopic (exact) mass is 660 g/mol. The number of carbonyl (C=O) groups is 1. The van der Waals surface area contributed by atoms with E-state index < -0.39 is 38.6 Å². The molecule has 0 aromatic heterocycles. The first-order valence-electron chi connectivity index (χ1n) is 18.0. The SMILES string of the molecule is CCCCCCCC/C=C\CCCCCCCC(O)CC(=O)NC(COP(=O)(O)OCCN)C(O)/C=C/CCCCCCCC. The average Bonchev–Trinajstić information content (AvgIpc) is 3.01. The summed E-state index contributed by atoms with van der Waals surface area (Å²) in [5, 5.41) is 23.8. The van der Waals surface area contributed by atoms with Crippen molar-refractivity contribution < 1.29 is 33.5 Å². The Labute approximate surface area is 275 Å². The van der Waals surface area contributed by atoms with E-state index in [1.54, 1.807) is 6.08 Å². The maximum Gasteiger partial charge on any atom is 0.472 e. The number of unbranched alkanes of at least 4 members (excludes halogenated alkanes) is 17. The normalized spacial score (nSPS) is 15.4. The highest BCUT2D eigenvalue weighted by Gasteiger charge is 2.27. The molecule has 0 heterocycles. The number of amides is 1. The minimum atomic E-state index is -4.38. The fraction of sp³-hybridized carbons (Fsp3) is 0.857. The highest BCUT2D eigenvalue weighted by molar-refractivity contribution is 7.47. The molecule has 45 heavy (non-hydrogen) atoms. The fourth-order valence-corrected chi connectivity index (χ4v) is 5.81. The topological polar surface area (TPSA) is 151 Å². The summed E-state index contributed by atoms with van der Waals surface area (Å²) in [5.41, 5.74) is 5.32. The van der Waals surface area contributed by atoms with Gasteiger partial charge in [0.05, 0.1) is 37.9 Å². The van der Waals surface area contributed by atoms with Gasteiger partial charge in [-0.05, 0) is 44.9 Å². The van der Waals surface area contributed by atoms with Gasteiger partial charge >= 0.3 is 7.82 Å². The predicted octanol–water partition coefficient (Wildman–Crippen LogP) is 8.02. The first kappa shape index (κ1) is 43.9. The molecule has 0 aromatic rings. The highest BCUT2D eigenvalue weighted by atomic mass is 31.2. The van der Waals surface area contributed by atoms with Crippen LogP contribution in [-0.4, -0.2) is 59.0 Å². The number of rotatable bonds is 33. The molecule has 0 saturated carbocycles. The number of aliphatic hydroxyl groups is 2. The van der Waals surface area contributed by atoms with E-state index in [9.17, 15) is 24.5 Å². The molecule has 9 nitrogen and oxygen atoms in total. The largest absolute Gasteiger partial charge is 0.472 e. The van der Waals surface area contributed by atoms with Crippen molar-refractivity contribution in [1.82, 2.24) is 5.32 Å². The first-order chi connectivity index (χ1) is 21.8. The van der Waals surface area contributed by atoms with Gasteiger partial charge in [-0.3, -0.25) is 13.8 Å². The zero-order chi connectivity index (χ0) is 33.4. The Balaban J connectivity index is 4.38. The van der Waals surface area contributed by atoms with Gasteiger partial charge in [0.25, 0.3) is 0 Å². The van der Waals surface area contributed by atoms with Gasteiger partial charge in [-0.25, -0.2) is 4.57 Å². The maximum atomic E-state index is 12.7. The summed E-state index contributed by atoms with van der Waals surface area (Å²) in [4.78, 5) is 22.5. The third kappa shape index (κ3) is 30.0. The summed E-state index contributed by atoms with van der Waals surface area (Å²) in [6.45, 7) is 3.89. The summed E-state index contributed by atoms with van der Waals surface area (Å²) in [7, 11) is -4.38. The number of hydrogen-bond donors (Lipinski definition) is 5. The zero-order valence-electron chi connectivity index (χ0n) is 28.7. The van der Waals surface area contributed by atoms with E-state index in [1.807, 2.05) is 6.08 Å². The quantitative estimate of drug-likeness (QED) is 0.0270. The second-order valence-corrected chi connectivity index (χ2v) is 13.7. The molecule has 0 aromatic carbocycles. The number of phosphoric ester groups is 1. The van der Waals surface area contributed by atoms with Crippen molar-refractivity contribution in [3.63, 3.8) is 0 Å². The summed E-state index contributed by atoms with van der Waals surface area (Å²) in [6, 6.07) is -0.979. The standard InChI is InChI=1S/C35H69N2O7P/c1-3-5-7-9-11-13-14-15-16-17-18-19-20-22-24-26-32(38)30-35(40)37-33(31-44-45(41,42)43-29-28-36)34(39)27-25-23-21-12-10-8-6-4-2/h15-16,25,27,32-34,38-39H,3-14,17-24,26,28-31,36H2,1-2H3,(H,37,40)(H,41,42)/b16-15-,27-25+. The molecule has 0 saturated heterocycles. The lowest BCUT2D eigenvalue weighted by Gasteiger charge is -2.24. The second kappa shape index (κ2) is 31.5. The van der Waals surface area contributed by atoms with Gasteiger partial charge in [0.15, 0.2) is 0 Å². The third-order valence-electron chi connectivity index (χ3n) is 7.83. The van der Waals surface area contributed by atoms with Crippen molar-refractivity contribution in [3.05, 3.63) is 24.3 Å². The molecule has 0 spiro atoms. The van der Waals surface area contributed by atoms with Crippen LogP contribution < -0.4 is 11.1 Å². The number of hydrogen-bond acceptors (Lipinski definition) is 7. The van der Waals surface area contributed by atoms with Crippen LogP contribution in [-0.2, 0) is 18.4 Å². The van der Waals surface area contributed by atoms with Gasteiger partial charge in [-0.1, -0.05) is 128 Å². The van der Waals surface area contributed by atoms with Crippen LogP contribution in [0.25, 0.3) is 0 Å². The second-order valence-electron chi connectivity index (χ2n) is 12.3. The Morgan fingerprint density at radius 2 is 1.24 bits per heavy atom. The van der Waals surface area contributed by atoms with E-state index in [0.29, 0.717) is 6.42 Å². The molecular formula is C35H69N2O7P. The molecule has 0 bridgehead atoms. The van der Waals surface area contributed by atoms with Crippen LogP contribution in [0.4, 0.5) is 0 Å². The lowest BCUT2D eigenvalue weighted by Crippen LogP contribution is -2.46. The molecular weight excluding hydrogens is 591 g/mol. The van der Waals surface area contributed by atoms with Crippen LogP contribution in [0.1, 0.15) is 155 Å². The number of nitrogens with two attached hydrogens (primary N) is 1. The zero-order valence-corrected chi connectivity index (χ0v) is 29.6. The number of allylic oxidation sites excluding steroid dienone is 3. The van der Waals surface area contributed by atoms with E-state index in [1.165, 1.54) is 77.0 Å². The number of nitrogens with one attached hydrogen (secondary N) is 1. The Bertz CT molecular complexity index is 781. The number of phosphoric acid groups is 1. The Morgan fingerprint density at radius 3 is 1.78 bits per heavy atom. The lowest BCUT2D eigenvalue weighted by atomic mass is 10.0. The van der Waals surface area contributed by atoms with Crippen molar-refractivity contribution in [2.75, 3.05) is 19.8 Å². The minimum absolute atomic E-state index is 0.0481. The van der Waals surface area contributed by atoms with E-state index in [0.717, 1.165) is 51.4 Å². The molecule has 0 aliphatic rings. The van der Waals surface area contributed by atoms with E-state index in [-0.39, 0.29) is 19.6 Å². The Morgan fingerprint density at radius 1 is 0.756 bits per heavy atom. The van der Waals surface area contributed by atoms with Gasteiger partial charge in [0.1, 0.15) is 0 Å². The molecule has 0 aliphatic carbocycles. The van der Waals surface area contributed by atoms with Gasteiger partial charge in [0.2, 0.25) is 5.91 Å². The van der Waals surface area contributed by atoms with Crippen LogP contribution in [0.5, 0.6) is 0 Å². The predicted molar refractivity (Wildman–Crippen MR) is 186 cm³/mol. The smallest absolute Gasteiger partial charge is 0.393 e. The molecule has 266 valence electrons. The van der Waals surface area contributed by atoms with Gasteiger partial charge in [0, 0.05) is 6.54 Å². The minimum Gasteiger partial charge on any atom is -0.393 e. The van der Waals surface area contributed by atoms with Gasteiger partial charge in [-0.2, -0.15) is 0 Å². The van der Waals surface area contributed by atoms with Crippen molar-refractivity contribution >= 4 is 13.7 Å². The molecule has 1 amide bonds. The highest BCUT2D eigenvalue weighted by Crippen LogP contribution is 2.43. The molecule has 6 N–H and O–H groups in total. The van der Waals surface area contributed by atoms with Gasteiger partial charge in [-0.15, -0.1) is 0 Å². The lowest BCUT2D eigenvalue weighted by molar-refractivity contribution is -0.124. The summed E-state index contributed by atoms with van der Waals surface area (Å²) in [6.07, 6.45) is 29.9. The van der Waals surface area contributed by atoms with Crippen LogP contribution in [0, 0.1) is 0 Å². The van der Waals surface area contributed by atoms with Crippen LogP contribution in [0.15, 0.2) is 24.3 Å². The summed E-state index contributed by atoms with van der Waals surface area (Å²) >= 11 is 0. The van der Waals surface area contributed by atoms with Crippen molar-refractivity contribution in [3.8, 4) is 0 Å². The molecule has 4 atom stereocenters. The number of carbonyl (C=O) groups excluding carboxylic acids is 1. The van der Waals surface area contributed by atoms with Crippen LogP contribution in [0.2, 0.25) is 0 Å². The number of aliphatic hydroxyl groups excluding tert-OH is 2. The molecule has 0 fully saturated rings. The first-order valence-corrected chi connectivity index (χ1v) is 19.5. The maximum absolute atomic E-state index is 12.7. The molecule has 0 radical (unpaired) electrons.